The van der Waals surface area contributed by atoms with E-state index >= 15 is 0 Å². The summed E-state index contributed by atoms with van der Waals surface area (Å²) in [5.41, 5.74) is -0.154. The van der Waals surface area contributed by atoms with Crippen molar-refractivity contribution in [2.24, 2.45) is 0 Å². The van der Waals surface area contributed by atoms with E-state index in [0.29, 0.717) is 24.3 Å². The third-order valence-corrected chi connectivity index (χ3v) is 4.28. The molecule has 1 amide bonds. The molecule has 1 saturated heterocycles. The number of anilines is 1. The maximum atomic E-state index is 13.0. The Morgan fingerprint density at radius 3 is 2.58 bits per heavy atom. The standard InChI is InChI=1S/C17H20F2N4O2.ClH/c18-15(19)12-25-14-4-2-13(3-5-14)22-16(24)17(6-9-20-10-7-17)23-11-1-8-21-23;/h1-5,8,11,15,20H,6-7,9-10,12H2,(H,22,24);1H. The first-order valence-corrected chi connectivity index (χ1v) is 8.13. The molecule has 0 unspecified atom stereocenters. The summed E-state index contributed by atoms with van der Waals surface area (Å²) in [6.45, 7) is 0.808. The van der Waals surface area contributed by atoms with Gasteiger partial charge in [-0.15, -0.1) is 12.4 Å². The predicted molar refractivity (Wildman–Crippen MR) is 96.1 cm³/mol. The van der Waals surface area contributed by atoms with Crippen molar-refractivity contribution in [2.45, 2.75) is 24.8 Å². The van der Waals surface area contributed by atoms with Gasteiger partial charge >= 0.3 is 0 Å². The van der Waals surface area contributed by atoms with E-state index in [1.54, 1.807) is 47.4 Å². The molecular weight excluding hydrogens is 366 g/mol. The van der Waals surface area contributed by atoms with Gasteiger partial charge in [0.05, 0.1) is 0 Å². The number of ether oxygens (including phenoxy) is 1. The van der Waals surface area contributed by atoms with Gasteiger partial charge < -0.3 is 15.4 Å². The van der Waals surface area contributed by atoms with Crippen molar-refractivity contribution in [3.8, 4) is 5.75 Å². The molecule has 0 saturated carbocycles. The molecule has 1 aromatic heterocycles. The first kappa shape index (κ1) is 20.1. The minimum absolute atomic E-state index is 0. The van der Waals surface area contributed by atoms with Crippen LogP contribution >= 0.6 is 12.4 Å². The zero-order chi connectivity index (χ0) is 17.7. The van der Waals surface area contributed by atoms with Gasteiger partial charge in [0.15, 0.2) is 0 Å². The Bertz CT molecular complexity index is 689. The molecule has 0 bridgehead atoms. The van der Waals surface area contributed by atoms with E-state index in [9.17, 15) is 13.6 Å². The Labute approximate surface area is 156 Å². The highest BCUT2D eigenvalue weighted by Gasteiger charge is 2.42. The van der Waals surface area contributed by atoms with Crippen LogP contribution < -0.4 is 15.4 Å². The smallest absolute Gasteiger partial charge is 0.272 e. The molecule has 0 radical (unpaired) electrons. The van der Waals surface area contributed by atoms with Gasteiger partial charge in [-0.25, -0.2) is 8.78 Å². The van der Waals surface area contributed by atoms with Crippen molar-refractivity contribution in [3.05, 3.63) is 42.7 Å². The van der Waals surface area contributed by atoms with Gasteiger partial charge in [-0.2, -0.15) is 5.10 Å². The SMILES string of the molecule is Cl.O=C(Nc1ccc(OCC(F)F)cc1)C1(n2cccn2)CCNCC1. The van der Waals surface area contributed by atoms with Gasteiger partial charge in [-0.05, 0) is 56.3 Å². The lowest BCUT2D eigenvalue weighted by Crippen LogP contribution is -2.52. The number of benzene rings is 1. The number of carbonyl (C=O) groups excluding carboxylic acids is 1. The molecule has 0 aliphatic carbocycles. The van der Waals surface area contributed by atoms with Crippen molar-refractivity contribution in [3.63, 3.8) is 0 Å². The van der Waals surface area contributed by atoms with Crippen molar-refractivity contribution in [1.29, 1.82) is 0 Å². The molecular formula is C17H21ClF2N4O2. The van der Waals surface area contributed by atoms with Crippen LogP contribution in [0.25, 0.3) is 0 Å². The molecule has 6 nitrogen and oxygen atoms in total. The molecule has 1 aliphatic rings. The van der Waals surface area contributed by atoms with Crippen LogP contribution in [0.15, 0.2) is 42.7 Å². The molecule has 1 aromatic carbocycles. The van der Waals surface area contributed by atoms with E-state index in [1.807, 2.05) is 0 Å². The maximum absolute atomic E-state index is 13.0. The lowest BCUT2D eigenvalue weighted by molar-refractivity contribution is -0.126. The maximum Gasteiger partial charge on any atom is 0.272 e. The molecule has 142 valence electrons. The lowest BCUT2D eigenvalue weighted by Gasteiger charge is -2.36. The average Bonchev–Trinajstić information content (AvgIpc) is 3.17. The Hall–Kier alpha value is -2.19. The Kier molecular flexibility index (Phi) is 6.93. The summed E-state index contributed by atoms with van der Waals surface area (Å²) < 4.78 is 31.0. The second-order valence-corrected chi connectivity index (χ2v) is 5.91. The molecule has 9 heteroatoms. The highest BCUT2D eigenvalue weighted by atomic mass is 35.5. The molecule has 26 heavy (non-hydrogen) atoms. The summed E-state index contributed by atoms with van der Waals surface area (Å²) in [7, 11) is 0. The topological polar surface area (TPSA) is 68.2 Å². The number of nitrogens with one attached hydrogen (secondary N) is 2. The fourth-order valence-electron chi connectivity index (χ4n) is 2.96. The quantitative estimate of drug-likeness (QED) is 0.801. The number of nitrogens with zero attached hydrogens (tertiary/aromatic N) is 2. The van der Waals surface area contributed by atoms with E-state index in [0.717, 1.165) is 13.1 Å². The molecule has 3 rings (SSSR count). The van der Waals surface area contributed by atoms with Crippen LogP contribution in [0, 0.1) is 0 Å². The normalized spacial score (nSPS) is 16.0. The fourth-order valence-corrected chi connectivity index (χ4v) is 2.96. The van der Waals surface area contributed by atoms with Gasteiger partial charge in [0, 0.05) is 18.1 Å². The highest BCUT2D eigenvalue weighted by molar-refractivity contribution is 5.96. The number of hydrogen-bond donors (Lipinski definition) is 2. The van der Waals surface area contributed by atoms with Crippen LogP contribution in [0.3, 0.4) is 0 Å². The van der Waals surface area contributed by atoms with E-state index in [2.05, 4.69) is 15.7 Å². The Morgan fingerprint density at radius 2 is 2.00 bits per heavy atom. The van der Waals surface area contributed by atoms with Crippen molar-refractivity contribution in [2.75, 3.05) is 25.0 Å². The van der Waals surface area contributed by atoms with Crippen LogP contribution in [0.4, 0.5) is 14.5 Å². The monoisotopic (exact) mass is 386 g/mol. The average molecular weight is 387 g/mol. The van der Waals surface area contributed by atoms with Crippen LogP contribution in [-0.4, -0.2) is 41.8 Å². The fraction of sp³-hybridized carbons (Fsp3) is 0.412. The molecule has 1 aliphatic heterocycles. The predicted octanol–water partition coefficient (Wildman–Crippen LogP) is 2.67. The highest BCUT2D eigenvalue weighted by Crippen LogP contribution is 2.29. The summed E-state index contributed by atoms with van der Waals surface area (Å²) >= 11 is 0. The van der Waals surface area contributed by atoms with E-state index in [1.165, 1.54) is 0 Å². The minimum atomic E-state index is -2.52. The zero-order valence-corrected chi connectivity index (χ0v) is 14.8. The number of alkyl halides is 2. The van der Waals surface area contributed by atoms with Gasteiger partial charge in [-0.1, -0.05) is 0 Å². The number of halogens is 3. The first-order valence-electron chi connectivity index (χ1n) is 8.13. The summed E-state index contributed by atoms with van der Waals surface area (Å²) in [4.78, 5) is 13.0. The summed E-state index contributed by atoms with van der Waals surface area (Å²) in [5.74, 6) is 0.195. The number of amides is 1. The Morgan fingerprint density at radius 1 is 1.31 bits per heavy atom. The largest absolute Gasteiger partial charge is 0.488 e. The summed E-state index contributed by atoms with van der Waals surface area (Å²) in [6.07, 6.45) is 2.21. The van der Waals surface area contributed by atoms with Crippen LogP contribution in [0.5, 0.6) is 5.75 Å². The van der Waals surface area contributed by atoms with Crippen molar-refractivity contribution < 1.29 is 18.3 Å². The third kappa shape index (κ3) is 4.50. The van der Waals surface area contributed by atoms with Gasteiger partial charge in [0.1, 0.15) is 17.9 Å². The molecule has 2 aromatic rings. The van der Waals surface area contributed by atoms with E-state index in [-0.39, 0.29) is 18.3 Å². The van der Waals surface area contributed by atoms with Crippen LogP contribution in [-0.2, 0) is 10.3 Å². The third-order valence-electron chi connectivity index (χ3n) is 4.28. The first-order chi connectivity index (χ1) is 12.1. The molecule has 1 fully saturated rings. The summed E-state index contributed by atoms with van der Waals surface area (Å²) in [6, 6.07) is 8.18. The second kappa shape index (κ2) is 8.95. The zero-order valence-electron chi connectivity index (χ0n) is 14.0. The Balaban J connectivity index is 0.00000243. The van der Waals surface area contributed by atoms with Crippen LogP contribution in [0.1, 0.15) is 12.8 Å². The van der Waals surface area contributed by atoms with E-state index < -0.39 is 18.6 Å². The van der Waals surface area contributed by atoms with Gasteiger partial charge in [0.25, 0.3) is 12.3 Å². The molecule has 0 spiro atoms. The van der Waals surface area contributed by atoms with Crippen molar-refractivity contribution in [1.82, 2.24) is 15.1 Å². The van der Waals surface area contributed by atoms with Crippen molar-refractivity contribution >= 4 is 24.0 Å². The lowest BCUT2D eigenvalue weighted by atomic mass is 9.87. The van der Waals surface area contributed by atoms with Crippen LogP contribution in [0.2, 0.25) is 0 Å². The molecule has 2 N–H and O–H groups in total. The second-order valence-electron chi connectivity index (χ2n) is 5.91. The summed E-state index contributed by atoms with van der Waals surface area (Å²) in [5, 5.41) is 10.4. The number of rotatable bonds is 6. The van der Waals surface area contributed by atoms with Gasteiger partial charge in [-0.3, -0.25) is 9.48 Å². The van der Waals surface area contributed by atoms with Gasteiger partial charge in [0.2, 0.25) is 0 Å². The minimum Gasteiger partial charge on any atom is -0.488 e. The number of aromatic nitrogens is 2. The molecule has 2 heterocycles. The number of hydrogen-bond acceptors (Lipinski definition) is 4. The molecule has 0 atom stereocenters. The number of carbonyl (C=O) groups is 1. The van der Waals surface area contributed by atoms with E-state index in [4.69, 9.17) is 4.74 Å². The number of piperidine rings is 1.